The van der Waals surface area contributed by atoms with Gasteiger partial charge in [-0.2, -0.15) is 0 Å². The van der Waals surface area contributed by atoms with Crippen LogP contribution in [0.1, 0.15) is 71.6 Å². The van der Waals surface area contributed by atoms with Gasteiger partial charge in [0.15, 0.2) is 0 Å². The SMILES string of the molecule is C=C(C=NCCC(CCC)CCC)C(=C)N1CCCN(C2CCC2)CC1. The van der Waals surface area contributed by atoms with Crippen LogP contribution >= 0.6 is 0 Å². The molecule has 0 unspecified atom stereocenters. The highest BCUT2D eigenvalue weighted by molar-refractivity contribution is 5.83. The summed E-state index contributed by atoms with van der Waals surface area (Å²) in [6.45, 7) is 18.6. The van der Waals surface area contributed by atoms with Gasteiger partial charge in [-0.3, -0.25) is 9.89 Å². The summed E-state index contributed by atoms with van der Waals surface area (Å²) in [4.78, 5) is 9.77. The fourth-order valence-corrected chi connectivity index (χ4v) is 4.28. The molecule has 1 saturated heterocycles. The van der Waals surface area contributed by atoms with Gasteiger partial charge in [-0.25, -0.2) is 0 Å². The van der Waals surface area contributed by atoms with Crippen molar-refractivity contribution in [2.45, 2.75) is 77.7 Å². The zero-order chi connectivity index (χ0) is 18.8. The van der Waals surface area contributed by atoms with Crippen LogP contribution in [0.25, 0.3) is 0 Å². The molecule has 2 rings (SSSR count). The molecule has 1 aliphatic heterocycles. The third kappa shape index (κ3) is 6.57. The monoisotopic (exact) mass is 359 g/mol. The van der Waals surface area contributed by atoms with Crippen molar-refractivity contribution in [2.75, 3.05) is 32.7 Å². The molecule has 0 aromatic carbocycles. The van der Waals surface area contributed by atoms with Crippen LogP contribution in [0.5, 0.6) is 0 Å². The number of rotatable bonds is 11. The van der Waals surface area contributed by atoms with Crippen molar-refractivity contribution in [3.05, 3.63) is 24.4 Å². The molecule has 0 radical (unpaired) electrons. The zero-order valence-corrected chi connectivity index (χ0v) is 17.4. The molecule has 0 N–H and O–H groups in total. The maximum Gasteiger partial charge on any atom is 0.0392 e. The molecule has 0 spiro atoms. The van der Waals surface area contributed by atoms with Gasteiger partial charge in [0, 0.05) is 56.3 Å². The summed E-state index contributed by atoms with van der Waals surface area (Å²) >= 11 is 0. The van der Waals surface area contributed by atoms with Crippen LogP contribution in [-0.2, 0) is 0 Å². The van der Waals surface area contributed by atoms with Gasteiger partial charge in [-0.05, 0) is 31.6 Å². The molecular formula is C23H41N3. The number of hydrogen-bond acceptors (Lipinski definition) is 3. The van der Waals surface area contributed by atoms with Gasteiger partial charge in [0.05, 0.1) is 0 Å². The van der Waals surface area contributed by atoms with E-state index in [0.717, 1.165) is 42.9 Å². The van der Waals surface area contributed by atoms with E-state index in [4.69, 9.17) is 0 Å². The second-order valence-electron chi connectivity index (χ2n) is 8.20. The topological polar surface area (TPSA) is 18.8 Å². The second-order valence-corrected chi connectivity index (χ2v) is 8.20. The van der Waals surface area contributed by atoms with Gasteiger partial charge >= 0.3 is 0 Å². The van der Waals surface area contributed by atoms with E-state index >= 15 is 0 Å². The number of aliphatic imine (C=N–C) groups is 1. The lowest BCUT2D eigenvalue weighted by Gasteiger charge is -2.36. The Morgan fingerprint density at radius 2 is 1.73 bits per heavy atom. The van der Waals surface area contributed by atoms with Crippen molar-refractivity contribution in [2.24, 2.45) is 10.9 Å². The van der Waals surface area contributed by atoms with Crippen molar-refractivity contribution in [1.82, 2.24) is 9.80 Å². The first kappa shape index (κ1) is 21.2. The fraction of sp³-hybridized carbons (Fsp3) is 0.783. The van der Waals surface area contributed by atoms with Gasteiger partial charge in [0.1, 0.15) is 0 Å². The number of allylic oxidation sites excluding steroid dienone is 1. The summed E-state index contributed by atoms with van der Waals surface area (Å²) in [6.07, 6.45) is 13.9. The molecule has 1 heterocycles. The van der Waals surface area contributed by atoms with Crippen molar-refractivity contribution in [3.63, 3.8) is 0 Å². The molecule has 26 heavy (non-hydrogen) atoms. The zero-order valence-electron chi connectivity index (χ0n) is 17.4. The number of nitrogens with zero attached hydrogens (tertiary/aromatic N) is 3. The molecule has 0 bridgehead atoms. The minimum Gasteiger partial charge on any atom is -0.370 e. The Morgan fingerprint density at radius 3 is 2.35 bits per heavy atom. The first-order valence-electron chi connectivity index (χ1n) is 11.0. The molecule has 1 aliphatic carbocycles. The highest BCUT2D eigenvalue weighted by atomic mass is 15.2. The Balaban J connectivity index is 1.72. The Kier molecular flexibility index (Phi) is 9.45. The minimum absolute atomic E-state index is 0.835. The summed E-state index contributed by atoms with van der Waals surface area (Å²) < 4.78 is 0. The fourth-order valence-electron chi connectivity index (χ4n) is 4.28. The van der Waals surface area contributed by atoms with Gasteiger partial charge in [0.2, 0.25) is 0 Å². The molecule has 0 amide bonds. The molecule has 1 saturated carbocycles. The predicted molar refractivity (Wildman–Crippen MR) is 115 cm³/mol. The normalized spacial score (nSPS) is 19.7. The van der Waals surface area contributed by atoms with Crippen molar-refractivity contribution in [1.29, 1.82) is 0 Å². The number of hydrogen-bond donors (Lipinski definition) is 0. The lowest BCUT2D eigenvalue weighted by Crippen LogP contribution is -2.42. The van der Waals surface area contributed by atoms with Crippen LogP contribution in [-0.4, -0.2) is 54.8 Å². The van der Waals surface area contributed by atoms with Crippen LogP contribution in [0.4, 0.5) is 0 Å². The minimum atomic E-state index is 0.835. The van der Waals surface area contributed by atoms with E-state index in [0.29, 0.717) is 0 Å². The Morgan fingerprint density at radius 1 is 1.00 bits per heavy atom. The predicted octanol–water partition coefficient (Wildman–Crippen LogP) is 5.29. The first-order valence-corrected chi connectivity index (χ1v) is 11.0. The average Bonchev–Trinajstić information content (AvgIpc) is 2.82. The Hall–Kier alpha value is -1.09. The Labute approximate surface area is 162 Å². The molecule has 3 nitrogen and oxygen atoms in total. The van der Waals surface area contributed by atoms with Crippen LogP contribution in [0, 0.1) is 5.92 Å². The van der Waals surface area contributed by atoms with Crippen molar-refractivity contribution in [3.8, 4) is 0 Å². The van der Waals surface area contributed by atoms with Gasteiger partial charge < -0.3 is 4.90 Å². The van der Waals surface area contributed by atoms with E-state index in [9.17, 15) is 0 Å². The van der Waals surface area contributed by atoms with Crippen LogP contribution in [0.15, 0.2) is 29.4 Å². The quantitative estimate of drug-likeness (QED) is 0.368. The molecule has 0 aromatic rings. The highest BCUT2D eigenvalue weighted by Gasteiger charge is 2.26. The molecule has 2 aliphatic rings. The van der Waals surface area contributed by atoms with Crippen molar-refractivity contribution < 1.29 is 0 Å². The second kappa shape index (κ2) is 11.6. The van der Waals surface area contributed by atoms with E-state index < -0.39 is 0 Å². The average molecular weight is 360 g/mol. The van der Waals surface area contributed by atoms with Crippen LogP contribution in [0.2, 0.25) is 0 Å². The molecule has 0 atom stereocenters. The standard InChI is InChI=1S/C23H41N3/c1-5-9-22(10-6-2)13-14-24-19-20(3)21(4)25-15-8-16-26(18-17-25)23-11-7-12-23/h19,22-23H,3-18H2,1-2H3. The van der Waals surface area contributed by atoms with Crippen molar-refractivity contribution >= 4 is 6.21 Å². The molecular weight excluding hydrogens is 318 g/mol. The van der Waals surface area contributed by atoms with Crippen LogP contribution < -0.4 is 0 Å². The third-order valence-electron chi connectivity index (χ3n) is 6.18. The summed E-state index contributed by atoms with van der Waals surface area (Å²) in [5.41, 5.74) is 2.06. The lowest BCUT2D eigenvalue weighted by molar-refractivity contribution is 0.133. The largest absolute Gasteiger partial charge is 0.370 e. The highest BCUT2D eigenvalue weighted by Crippen LogP contribution is 2.26. The first-order chi connectivity index (χ1) is 12.7. The van der Waals surface area contributed by atoms with Gasteiger partial charge in [0.25, 0.3) is 0 Å². The molecule has 3 heteroatoms. The van der Waals surface area contributed by atoms with E-state index in [1.165, 1.54) is 70.9 Å². The molecule has 0 aromatic heterocycles. The van der Waals surface area contributed by atoms with E-state index in [-0.39, 0.29) is 0 Å². The van der Waals surface area contributed by atoms with E-state index in [1.54, 1.807) is 0 Å². The van der Waals surface area contributed by atoms with E-state index in [1.807, 2.05) is 6.21 Å². The summed E-state index contributed by atoms with van der Waals surface area (Å²) in [7, 11) is 0. The van der Waals surface area contributed by atoms with Gasteiger partial charge in [-0.15, -0.1) is 0 Å². The smallest absolute Gasteiger partial charge is 0.0392 e. The summed E-state index contributed by atoms with van der Waals surface area (Å²) in [5.74, 6) is 0.835. The maximum atomic E-state index is 4.66. The van der Waals surface area contributed by atoms with E-state index in [2.05, 4.69) is 41.8 Å². The lowest BCUT2D eigenvalue weighted by atomic mass is 9.91. The third-order valence-corrected chi connectivity index (χ3v) is 6.18. The summed E-state index contributed by atoms with van der Waals surface area (Å²) in [5, 5.41) is 0. The maximum absolute atomic E-state index is 4.66. The molecule has 2 fully saturated rings. The van der Waals surface area contributed by atoms with Crippen LogP contribution in [0.3, 0.4) is 0 Å². The Bertz CT molecular complexity index is 458. The summed E-state index contributed by atoms with van der Waals surface area (Å²) in [6, 6.07) is 0.854. The van der Waals surface area contributed by atoms with Gasteiger partial charge in [-0.1, -0.05) is 59.1 Å². The molecule has 148 valence electrons.